The Kier molecular flexibility index (Phi) is 5.54. The number of aromatic nitrogens is 1. The van der Waals surface area contributed by atoms with Gasteiger partial charge in [-0.25, -0.2) is 9.78 Å². The van der Waals surface area contributed by atoms with Gasteiger partial charge in [0.05, 0.1) is 22.9 Å². The van der Waals surface area contributed by atoms with Crippen molar-refractivity contribution in [1.29, 1.82) is 0 Å². The lowest BCUT2D eigenvalue weighted by atomic mass is 10.1. The van der Waals surface area contributed by atoms with E-state index >= 15 is 0 Å². The molecule has 2 rings (SSSR count). The lowest BCUT2D eigenvalue weighted by Crippen LogP contribution is -2.15. The van der Waals surface area contributed by atoms with Crippen LogP contribution in [-0.4, -0.2) is 23.5 Å². The predicted octanol–water partition coefficient (Wildman–Crippen LogP) is 4.12. The highest BCUT2D eigenvalue weighted by atomic mass is 32.1. The maximum absolute atomic E-state index is 12.5. The number of hydrogen-bond acceptors (Lipinski definition) is 6. The molecule has 5 nitrogen and oxygen atoms in total. The SMILES string of the molecule is CCOC(=O)c1c(NC(=O)c2sc(C)nc2C)sc(C)c1CC. The van der Waals surface area contributed by atoms with Crippen LogP contribution in [0, 0.1) is 20.8 Å². The van der Waals surface area contributed by atoms with E-state index in [1.165, 1.54) is 22.7 Å². The molecule has 0 atom stereocenters. The first-order chi connectivity index (χ1) is 10.9. The van der Waals surface area contributed by atoms with E-state index in [9.17, 15) is 9.59 Å². The number of esters is 1. The van der Waals surface area contributed by atoms with E-state index in [4.69, 9.17) is 4.74 Å². The van der Waals surface area contributed by atoms with E-state index in [2.05, 4.69) is 10.3 Å². The van der Waals surface area contributed by atoms with Crippen LogP contribution in [0.1, 0.15) is 55.0 Å². The smallest absolute Gasteiger partial charge is 0.341 e. The second-order valence-corrected chi connectivity index (χ2v) is 7.44. The van der Waals surface area contributed by atoms with E-state index in [0.717, 1.165) is 15.4 Å². The molecule has 0 spiro atoms. The fourth-order valence-corrected chi connectivity index (χ4v) is 4.36. The summed E-state index contributed by atoms with van der Waals surface area (Å²) in [7, 11) is 0. The van der Waals surface area contributed by atoms with Crippen molar-refractivity contribution in [1.82, 2.24) is 4.98 Å². The van der Waals surface area contributed by atoms with Crippen LogP contribution < -0.4 is 5.32 Å². The zero-order chi connectivity index (χ0) is 17.1. The number of aryl methyl sites for hydroxylation is 3. The molecule has 124 valence electrons. The Morgan fingerprint density at radius 3 is 2.39 bits per heavy atom. The van der Waals surface area contributed by atoms with Gasteiger partial charge in [0.1, 0.15) is 9.88 Å². The summed E-state index contributed by atoms with van der Waals surface area (Å²) in [5.74, 6) is -0.622. The van der Waals surface area contributed by atoms with Crippen LogP contribution in [0.5, 0.6) is 0 Å². The molecule has 0 saturated carbocycles. The van der Waals surface area contributed by atoms with Gasteiger partial charge in [-0.1, -0.05) is 6.92 Å². The molecule has 1 amide bonds. The minimum atomic E-state index is -0.388. The molecule has 2 heterocycles. The number of carbonyl (C=O) groups is 2. The fraction of sp³-hybridized carbons (Fsp3) is 0.438. The number of rotatable bonds is 5. The molecular weight excluding hydrogens is 332 g/mol. The number of hydrogen-bond donors (Lipinski definition) is 1. The van der Waals surface area contributed by atoms with E-state index in [0.29, 0.717) is 34.2 Å². The summed E-state index contributed by atoms with van der Waals surface area (Å²) in [6.07, 6.45) is 0.713. The number of nitrogens with zero attached hydrogens (tertiary/aromatic N) is 1. The number of thiazole rings is 1. The van der Waals surface area contributed by atoms with Crippen molar-refractivity contribution >= 4 is 39.6 Å². The first-order valence-corrected chi connectivity index (χ1v) is 9.07. The average molecular weight is 352 g/mol. The first-order valence-electron chi connectivity index (χ1n) is 7.43. The number of ether oxygens (including phenoxy) is 1. The minimum absolute atomic E-state index is 0.234. The van der Waals surface area contributed by atoms with Crippen molar-refractivity contribution in [3.05, 3.63) is 31.6 Å². The monoisotopic (exact) mass is 352 g/mol. The summed E-state index contributed by atoms with van der Waals surface area (Å²) in [6.45, 7) is 9.68. The second-order valence-electron chi connectivity index (χ2n) is 5.02. The van der Waals surface area contributed by atoms with Crippen molar-refractivity contribution in [2.45, 2.75) is 41.0 Å². The van der Waals surface area contributed by atoms with Crippen LogP contribution in [0.3, 0.4) is 0 Å². The molecule has 0 aromatic carbocycles. The number of thiophene rings is 1. The molecule has 0 aliphatic heterocycles. The standard InChI is InChI=1S/C16H20N2O3S2/c1-6-11-9(4)22-15(12(11)16(20)21-7-2)18-14(19)13-8(3)17-10(5)23-13/h6-7H2,1-5H3,(H,18,19). The predicted molar refractivity (Wildman–Crippen MR) is 93.9 cm³/mol. The second kappa shape index (κ2) is 7.23. The number of anilines is 1. The van der Waals surface area contributed by atoms with Gasteiger partial charge in [0.15, 0.2) is 0 Å². The van der Waals surface area contributed by atoms with Crippen LogP contribution in [0.2, 0.25) is 0 Å². The van der Waals surface area contributed by atoms with Crippen molar-refractivity contribution in [3.8, 4) is 0 Å². The molecule has 2 aromatic heterocycles. The largest absolute Gasteiger partial charge is 0.462 e. The molecule has 0 saturated heterocycles. The molecule has 0 aliphatic rings. The van der Waals surface area contributed by atoms with Crippen LogP contribution >= 0.6 is 22.7 Å². The van der Waals surface area contributed by atoms with Crippen molar-refractivity contribution in [2.75, 3.05) is 11.9 Å². The Labute approximate surface area is 143 Å². The van der Waals surface area contributed by atoms with Gasteiger partial charge >= 0.3 is 5.97 Å². The highest BCUT2D eigenvalue weighted by Crippen LogP contribution is 2.34. The number of carbonyl (C=O) groups excluding carboxylic acids is 2. The normalized spacial score (nSPS) is 10.7. The third-order valence-electron chi connectivity index (χ3n) is 3.38. The Hall–Kier alpha value is -1.73. The molecule has 0 bridgehead atoms. The number of nitrogens with one attached hydrogen (secondary N) is 1. The Morgan fingerprint density at radius 2 is 1.87 bits per heavy atom. The van der Waals surface area contributed by atoms with Gasteiger partial charge in [-0.2, -0.15) is 0 Å². The maximum atomic E-state index is 12.5. The zero-order valence-electron chi connectivity index (χ0n) is 13.9. The highest BCUT2D eigenvalue weighted by Gasteiger charge is 2.24. The van der Waals surface area contributed by atoms with Gasteiger partial charge in [-0.15, -0.1) is 22.7 Å². The molecule has 0 radical (unpaired) electrons. The number of amides is 1. The molecule has 0 fully saturated rings. The van der Waals surface area contributed by atoms with Gasteiger partial charge in [0, 0.05) is 4.88 Å². The lowest BCUT2D eigenvalue weighted by Gasteiger charge is -2.07. The molecule has 0 unspecified atom stereocenters. The van der Waals surface area contributed by atoms with Gasteiger partial charge in [0.2, 0.25) is 0 Å². The summed E-state index contributed by atoms with van der Waals surface area (Å²) in [5.41, 5.74) is 2.11. The van der Waals surface area contributed by atoms with Crippen LogP contribution in [0.25, 0.3) is 0 Å². The molecule has 7 heteroatoms. The Bertz CT molecular complexity index is 747. The van der Waals surface area contributed by atoms with Crippen molar-refractivity contribution in [2.24, 2.45) is 0 Å². The topological polar surface area (TPSA) is 68.3 Å². The van der Waals surface area contributed by atoms with Crippen LogP contribution in [0.4, 0.5) is 5.00 Å². The van der Waals surface area contributed by atoms with Crippen molar-refractivity contribution < 1.29 is 14.3 Å². The van der Waals surface area contributed by atoms with Crippen LogP contribution in [-0.2, 0) is 11.2 Å². The summed E-state index contributed by atoms with van der Waals surface area (Å²) in [4.78, 5) is 30.6. The summed E-state index contributed by atoms with van der Waals surface area (Å²) in [6, 6.07) is 0. The third-order valence-corrected chi connectivity index (χ3v) is 5.51. The molecule has 0 aliphatic carbocycles. The van der Waals surface area contributed by atoms with Gasteiger partial charge in [0.25, 0.3) is 5.91 Å². The fourth-order valence-electron chi connectivity index (χ4n) is 2.41. The van der Waals surface area contributed by atoms with Gasteiger partial charge in [-0.05, 0) is 39.7 Å². The molecule has 1 N–H and O–H groups in total. The molecule has 23 heavy (non-hydrogen) atoms. The Morgan fingerprint density at radius 1 is 1.17 bits per heavy atom. The van der Waals surface area contributed by atoms with E-state index in [1.54, 1.807) is 6.92 Å². The van der Waals surface area contributed by atoms with Crippen molar-refractivity contribution in [3.63, 3.8) is 0 Å². The van der Waals surface area contributed by atoms with E-state index in [-0.39, 0.29) is 11.9 Å². The average Bonchev–Trinajstić information content (AvgIpc) is 2.97. The summed E-state index contributed by atoms with van der Waals surface area (Å²) < 4.78 is 5.15. The highest BCUT2D eigenvalue weighted by molar-refractivity contribution is 7.17. The van der Waals surface area contributed by atoms with Crippen LogP contribution in [0.15, 0.2) is 0 Å². The lowest BCUT2D eigenvalue weighted by molar-refractivity contribution is 0.0527. The first kappa shape index (κ1) is 17.6. The Balaban J connectivity index is 2.37. The van der Waals surface area contributed by atoms with Gasteiger partial charge in [-0.3, -0.25) is 4.79 Å². The molecule has 2 aromatic rings. The van der Waals surface area contributed by atoms with E-state index < -0.39 is 0 Å². The third kappa shape index (κ3) is 3.61. The van der Waals surface area contributed by atoms with E-state index in [1.807, 2.05) is 27.7 Å². The minimum Gasteiger partial charge on any atom is -0.462 e. The summed E-state index contributed by atoms with van der Waals surface area (Å²) in [5, 5.41) is 4.26. The zero-order valence-corrected chi connectivity index (χ0v) is 15.5. The molecular formula is C16H20N2O3S2. The maximum Gasteiger partial charge on any atom is 0.341 e. The quantitative estimate of drug-likeness (QED) is 0.822. The van der Waals surface area contributed by atoms with Gasteiger partial charge < -0.3 is 10.1 Å². The summed E-state index contributed by atoms with van der Waals surface area (Å²) >= 11 is 2.76.